The molecule has 0 amide bonds. The van der Waals surface area contributed by atoms with Crippen LogP contribution in [0.4, 0.5) is 0 Å². The van der Waals surface area contributed by atoms with Crippen LogP contribution in [0.3, 0.4) is 0 Å². The van der Waals surface area contributed by atoms with Gasteiger partial charge in [-0.15, -0.1) is 0 Å². The third-order valence-electron chi connectivity index (χ3n) is 4.51. The Morgan fingerprint density at radius 3 is 2.63 bits per heavy atom. The number of ether oxygens (including phenoxy) is 1. The molecule has 0 saturated heterocycles. The van der Waals surface area contributed by atoms with Crippen LogP contribution in [-0.4, -0.2) is 22.2 Å². The highest BCUT2D eigenvalue weighted by Crippen LogP contribution is 2.47. The van der Waals surface area contributed by atoms with Gasteiger partial charge >= 0.3 is 0 Å². The molecule has 2 N–H and O–H groups in total. The average molecular weight is 376 g/mol. The predicted molar refractivity (Wildman–Crippen MR) is 110 cm³/mol. The molecule has 2 unspecified atom stereocenters. The summed E-state index contributed by atoms with van der Waals surface area (Å²) in [5.74, 6) is 0.827. The zero-order valence-electron chi connectivity index (χ0n) is 15.2. The lowest BCUT2D eigenvalue weighted by Gasteiger charge is -2.18. The van der Waals surface area contributed by atoms with Gasteiger partial charge in [-0.05, 0) is 61.0 Å². The second-order valence-electron chi connectivity index (χ2n) is 6.36. The summed E-state index contributed by atoms with van der Waals surface area (Å²) in [6, 6.07) is 18.0. The van der Waals surface area contributed by atoms with E-state index in [9.17, 15) is 0 Å². The van der Waals surface area contributed by atoms with Gasteiger partial charge in [0.15, 0.2) is 5.17 Å². The highest BCUT2D eigenvalue weighted by atomic mass is 32.2. The molecule has 2 aromatic heterocycles. The minimum atomic E-state index is -0.0963. The van der Waals surface area contributed by atoms with E-state index in [-0.39, 0.29) is 11.3 Å². The fourth-order valence-electron chi connectivity index (χ4n) is 3.17. The molecule has 3 aromatic rings. The third-order valence-corrected chi connectivity index (χ3v) is 5.64. The average Bonchev–Trinajstić information content (AvgIpc) is 3.10. The Morgan fingerprint density at radius 2 is 1.89 bits per heavy atom. The van der Waals surface area contributed by atoms with Crippen LogP contribution in [0.2, 0.25) is 0 Å². The Labute approximate surface area is 162 Å². The van der Waals surface area contributed by atoms with Gasteiger partial charge in [0.2, 0.25) is 0 Å². The van der Waals surface area contributed by atoms with Gasteiger partial charge in [-0.1, -0.05) is 17.8 Å². The number of methoxy groups -OCH3 is 1. The fourth-order valence-corrected chi connectivity index (χ4v) is 4.22. The third kappa shape index (κ3) is 3.66. The second-order valence-corrected chi connectivity index (χ2v) is 7.52. The monoisotopic (exact) mass is 376 g/mol. The van der Waals surface area contributed by atoms with Gasteiger partial charge in [-0.25, -0.2) is 0 Å². The van der Waals surface area contributed by atoms with Crippen LogP contribution in [0.1, 0.15) is 28.2 Å². The van der Waals surface area contributed by atoms with E-state index in [4.69, 9.17) is 10.5 Å². The first kappa shape index (κ1) is 17.5. The van der Waals surface area contributed by atoms with Gasteiger partial charge in [0, 0.05) is 17.5 Å². The van der Waals surface area contributed by atoms with Crippen LogP contribution in [-0.2, 0) is 0 Å². The van der Waals surface area contributed by atoms with Gasteiger partial charge in [-0.3, -0.25) is 15.0 Å². The van der Waals surface area contributed by atoms with Crippen LogP contribution < -0.4 is 10.5 Å². The Hall–Kier alpha value is -2.86. The Balaban J connectivity index is 1.68. The number of benzene rings is 1. The molecule has 3 heterocycles. The van der Waals surface area contributed by atoms with E-state index in [1.54, 1.807) is 18.9 Å². The fraction of sp³-hybridized carbons (Fsp3) is 0.190. The minimum Gasteiger partial charge on any atom is -0.497 e. The first-order valence-corrected chi connectivity index (χ1v) is 9.56. The molecule has 0 fully saturated rings. The first-order valence-electron chi connectivity index (χ1n) is 8.68. The summed E-state index contributed by atoms with van der Waals surface area (Å²) in [5, 5.41) is 0.676. The molecule has 0 saturated carbocycles. The van der Waals surface area contributed by atoms with Crippen LogP contribution >= 0.6 is 11.8 Å². The van der Waals surface area contributed by atoms with Crippen molar-refractivity contribution in [3.63, 3.8) is 0 Å². The Morgan fingerprint density at radius 1 is 1.07 bits per heavy atom. The van der Waals surface area contributed by atoms with E-state index >= 15 is 0 Å². The quantitative estimate of drug-likeness (QED) is 0.735. The summed E-state index contributed by atoms with van der Waals surface area (Å²) < 4.78 is 5.23. The van der Waals surface area contributed by atoms with Crippen molar-refractivity contribution in [1.29, 1.82) is 0 Å². The summed E-state index contributed by atoms with van der Waals surface area (Å²) in [6.07, 6.45) is 1.84. The molecule has 1 aliphatic heterocycles. The molecule has 0 aliphatic carbocycles. The molecule has 4 rings (SSSR count). The molecule has 0 bridgehead atoms. The van der Waals surface area contributed by atoms with Crippen molar-refractivity contribution in [2.45, 2.75) is 18.2 Å². The number of amidine groups is 1. The smallest absolute Gasteiger partial charge is 0.155 e. The number of nitrogens with zero attached hydrogens (tertiary/aromatic N) is 3. The van der Waals surface area contributed by atoms with Crippen LogP contribution in [0.5, 0.6) is 5.75 Å². The molecule has 6 heteroatoms. The molecular weight excluding hydrogens is 356 g/mol. The number of nitrogens with two attached hydrogens (primary N) is 1. The van der Waals surface area contributed by atoms with Crippen molar-refractivity contribution in [3.05, 3.63) is 77.7 Å². The van der Waals surface area contributed by atoms with Crippen molar-refractivity contribution in [2.75, 3.05) is 7.11 Å². The van der Waals surface area contributed by atoms with E-state index < -0.39 is 0 Å². The van der Waals surface area contributed by atoms with Gasteiger partial charge < -0.3 is 10.5 Å². The summed E-state index contributed by atoms with van der Waals surface area (Å²) >= 11 is 1.58. The van der Waals surface area contributed by atoms with Crippen molar-refractivity contribution in [1.82, 2.24) is 9.97 Å². The van der Waals surface area contributed by atoms with Crippen LogP contribution in [0.25, 0.3) is 11.3 Å². The van der Waals surface area contributed by atoms with Crippen LogP contribution in [0, 0.1) is 6.92 Å². The molecule has 136 valence electrons. The van der Waals surface area contributed by atoms with E-state index in [1.807, 2.05) is 61.7 Å². The maximum absolute atomic E-state index is 6.07. The van der Waals surface area contributed by atoms with Crippen molar-refractivity contribution in [3.8, 4) is 17.0 Å². The van der Waals surface area contributed by atoms with Crippen molar-refractivity contribution >= 4 is 16.9 Å². The molecule has 2 atom stereocenters. The molecular formula is C21H20N4OS. The number of rotatable bonds is 4. The standard InChI is InChI=1S/C21H20N4OS/c1-13-4-3-5-17(24-13)19-20(27-21(22)25-19)15-10-11-23-18(12-15)14-6-8-16(26-2)9-7-14/h3-12,19-20H,1-2H3,(H2,22,25). The normalized spacial score (nSPS) is 19.0. The van der Waals surface area contributed by atoms with Gasteiger partial charge in [-0.2, -0.15) is 0 Å². The van der Waals surface area contributed by atoms with Crippen molar-refractivity contribution < 1.29 is 4.74 Å². The molecule has 1 aliphatic rings. The molecule has 0 spiro atoms. The maximum atomic E-state index is 6.07. The molecule has 0 radical (unpaired) electrons. The number of hydrogen-bond acceptors (Lipinski definition) is 6. The SMILES string of the molecule is COc1ccc(-c2cc(C3SC(N)=NC3c3cccc(C)n3)ccn2)cc1. The first-order chi connectivity index (χ1) is 13.1. The lowest BCUT2D eigenvalue weighted by atomic mass is 10.0. The number of pyridine rings is 2. The Kier molecular flexibility index (Phi) is 4.81. The molecule has 1 aromatic carbocycles. The highest BCUT2D eigenvalue weighted by Gasteiger charge is 2.33. The number of thioether (sulfide) groups is 1. The number of hydrogen-bond donors (Lipinski definition) is 1. The summed E-state index contributed by atoms with van der Waals surface area (Å²) in [7, 11) is 1.66. The van der Waals surface area contributed by atoms with E-state index in [1.165, 1.54) is 0 Å². The number of aliphatic imine (C=N–C) groups is 1. The maximum Gasteiger partial charge on any atom is 0.155 e. The lowest BCUT2D eigenvalue weighted by Crippen LogP contribution is -2.06. The second kappa shape index (κ2) is 7.40. The summed E-state index contributed by atoms with van der Waals surface area (Å²) in [5.41, 5.74) is 11.1. The molecule has 5 nitrogen and oxygen atoms in total. The summed E-state index contributed by atoms with van der Waals surface area (Å²) in [4.78, 5) is 13.8. The van der Waals surface area contributed by atoms with E-state index in [0.717, 1.165) is 34.0 Å². The van der Waals surface area contributed by atoms with E-state index in [2.05, 4.69) is 21.0 Å². The zero-order valence-corrected chi connectivity index (χ0v) is 16.0. The van der Waals surface area contributed by atoms with Gasteiger partial charge in [0.1, 0.15) is 11.8 Å². The minimum absolute atomic E-state index is 0.0827. The summed E-state index contributed by atoms with van der Waals surface area (Å²) in [6.45, 7) is 1.99. The van der Waals surface area contributed by atoms with Crippen LogP contribution in [0.15, 0.2) is 65.8 Å². The lowest BCUT2D eigenvalue weighted by molar-refractivity contribution is 0.415. The number of aryl methyl sites for hydroxylation is 1. The number of aromatic nitrogens is 2. The topological polar surface area (TPSA) is 73.4 Å². The van der Waals surface area contributed by atoms with Gasteiger partial charge in [0.05, 0.1) is 23.7 Å². The van der Waals surface area contributed by atoms with E-state index in [0.29, 0.717) is 5.17 Å². The largest absolute Gasteiger partial charge is 0.497 e. The van der Waals surface area contributed by atoms with Crippen molar-refractivity contribution in [2.24, 2.45) is 10.7 Å². The zero-order chi connectivity index (χ0) is 18.8. The van der Waals surface area contributed by atoms with Gasteiger partial charge in [0.25, 0.3) is 0 Å². The Bertz CT molecular complexity index is 987. The highest BCUT2D eigenvalue weighted by molar-refractivity contribution is 8.14. The molecule has 27 heavy (non-hydrogen) atoms. The predicted octanol–water partition coefficient (Wildman–Crippen LogP) is 4.30.